The van der Waals surface area contributed by atoms with Crippen LogP contribution in [0.2, 0.25) is 0 Å². The van der Waals surface area contributed by atoms with Crippen molar-refractivity contribution in [3.63, 3.8) is 0 Å². The van der Waals surface area contributed by atoms with E-state index in [0.717, 1.165) is 45.3 Å². The number of hydrogen-bond donors (Lipinski definition) is 2. The maximum Gasteiger partial charge on any atom is 0.490 e. The zero-order valence-electron chi connectivity index (χ0n) is 19.0. The molecule has 15 heteroatoms. The highest BCUT2D eigenvalue weighted by atomic mass is 19.4. The Morgan fingerprint density at radius 3 is 2.03 bits per heavy atom. The van der Waals surface area contributed by atoms with Crippen LogP contribution >= 0.6 is 0 Å². The molecule has 0 amide bonds. The van der Waals surface area contributed by atoms with Gasteiger partial charge in [-0.1, -0.05) is 6.07 Å². The highest BCUT2D eigenvalue weighted by Gasteiger charge is 2.40. The minimum atomic E-state index is -5.08. The SMILES string of the molecule is COc1ncccc1CN1CCC2(CC1)COCCN2C.O=C(O)C(F)(F)F.O=C(O)C(F)(F)F. The molecule has 0 bridgehead atoms. The molecular formula is C20H27F6N3O6. The number of ether oxygens (including phenoxy) is 2. The van der Waals surface area contributed by atoms with Gasteiger partial charge in [-0.05, 0) is 26.0 Å². The van der Waals surface area contributed by atoms with E-state index in [-0.39, 0.29) is 5.54 Å². The van der Waals surface area contributed by atoms with E-state index >= 15 is 0 Å². The number of likely N-dealkylation sites (N-methyl/N-ethyl adjacent to an activating group) is 1. The zero-order valence-corrected chi connectivity index (χ0v) is 19.0. The van der Waals surface area contributed by atoms with E-state index in [4.69, 9.17) is 29.3 Å². The van der Waals surface area contributed by atoms with Crippen molar-refractivity contribution in [3.05, 3.63) is 23.9 Å². The molecule has 1 aromatic rings. The van der Waals surface area contributed by atoms with E-state index in [0.29, 0.717) is 0 Å². The Balaban J connectivity index is 0.000000362. The number of piperidine rings is 1. The number of aromatic nitrogens is 1. The Bertz CT molecular complexity index is 804. The van der Waals surface area contributed by atoms with E-state index in [2.05, 4.69) is 27.9 Å². The third kappa shape index (κ3) is 9.85. The first-order valence-electron chi connectivity index (χ1n) is 10.2. The van der Waals surface area contributed by atoms with E-state index in [1.165, 1.54) is 18.4 Å². The second kappa shape index (κ2) is 12.9. The normalized spacial score (nSPS) is 18.5. The van der Waals surface area contributed by atoms with Crippen molar-refractivity contribution in [1.82, 2.24) is 14.8 Å². The number of morpholine rings is 1. The molecular weight excluding hydrogens is 492 g/mol. The Kier molecular flexibility index (Phi) is 11.2. The smallest absolute Gasteiger partial charge is 0.481 e. The van der Waals surface area contributed by atoms with E-state index in [1.54, 1.807) is 13.3 Å². The minimum Gasteiger partial charge on any atom is -0.481 e. The number of alkyl halides is 6. The number of pyridine rings is 1. The minimum absolute atomic E-state index is 0.258. The summed E-state index contributed by atoms with van der Waals surface area (Å²) in [6.07, 6.45) is -6.04. The molecule has 3 heterocycles. The number of aliphatic carboxylic acids is 2. The fourth-order valence-corrected chi connectivity index (χ4v) is 3.43. The molecule has 0 atom stereocenters. The average Bonchev–Trinajstić information content (AvgIpc) is 2.77. The van der Waals surface area contributed by atoms with Gasteiger partial charge in [-0.15, -0.1) is 0 Å². The molecule has 2 N–H and O–H groups in total. The summed E-state index contributed by atoms with van der Waals surface area (Å²) in [7, 11) is 3.92. The first kappa shape index (κ1) is 30.4. The quantitative estimate of drug-likeness (QED) is 0.582. The lowest BCUT2D eigenvalue weighted by atomic mass is 9.85. The Morgan fingerprint density at radius 1 is 1.09 bits per heavy atom. The monoisotopic (exact) mass is 519 g/mol. The Hall–Kier alpha value is -2.65. The number of rotatable bonds is 3. The summed E-state index contributed by atoms with van der Waals surface area (Å²) >= 11 is 0. The molecule has 1 aromatic heterocycles. The Labute approximate surface area is 197 Å². The van der Waals surface area contributed by atoms with E-state index in [9.17, 15) is 26.3 Å². The predicted molar refractivity (Wildman–Crippen MR) is 109 cm³/mol. The maximum atomic E-state index is 10.6. The summed E-state index contributed by atoms with van der Waals surface area (Å²) in [6, 6.07) is 4.08. The lowest BCUT2D eigenvalue weighted by Gasteiger charge is -2.49. The molecule has 0 aliphatic carbocycles. The molecule has 200 valence electrons. The molecule has 2 aliphatic heterocycles. The van der Waals surface area contributed by atoms with Gasteiger partial charge in [0.2, 0.25) is 5.88 Å². The lowest BCUT2D eigenvalue weighted by molar-refractivity contribution is -0.193. The van der Waals surface area contributed by atoms with Crippen molar-refractivity contribution in [2.45, 2.75) is 37.3 Å². The van der Waals surface area contributed by atoms with Crippen LogP contribution < -0.4 is 4.74 Å². The second-order valence-corrected chi connectivity index (χ2v) is 7.75. The molecule has 2 aliphatic rings. The van der Waals surface area contributed by atoms with Crippen molar-refractivity contribution >= 4 is 11.9 Å². The van der Waals surface area contributed by atoms with E-state index in [1.807, 2.05) is 6.07 Å². The van der Waals surface area contributed by atoms with Crippen molar-refractivity contribution in [3.8, 4) is 5.88 Å². The lowest BCUT2D eigenvalue weighted by Crippen LogP contribution is -2.59. The van der Waals surface area contributed by atoms with Crippen LogP contribution in [0.15, 0.2) is 18.3 Å². The van der Waals surface area contributed by atoms with Gasteiger partial charge in [0.1, 0.15) is 0 Å². The van der Waals surface area contributed by atoms with Crippen LogP contribution in [-0.2, 0) is 20.9 Å². The number of methoxy groups -OCH3 is 1. The molecule has 35 heavy (non-hydrogen) atoms. The van der Waals surface area contributed by atoms with Gasteiger partial charge >= 0.3 is 24.3 Å². The van der Waals surface area contributed by atoms with Gasteiger partial charge in [-0.2, -0.15) is 26.3 Å². The summed E-state index contributed by atoms with van der Waals surface area (Å²) < 4.78 is 74.6. The molecule has 0 radical (unpaired) electrons. The highest BCUT2D eigenvalue weighted by Crippen LogP contribution is 2.31. The molecule has 0 unspecified atom stereocenters. The molecule has 2 fully saturated rings. The molecule has 1 spiro atoms. The van der Waals surface area contributed by atoms with Crippen LogP contribution in [0.5, 0.6) is 5.88 Å². The average molecular weight is 519 g/mol. The predicted octanol–water partition coefficient (Wildman–Crippen LogP) is 2.65. The standard InChI is InChI=1S/C16H25N3O2.2C2HF3O2/c1-18-10-11-21-13-16(18)5-8-19(9-6-16)12-14-4-3-7-17-15(14)20-2;2*3-2(4,5)1(6)7/h3-4,7H,5-6,8-13H2,1-2H3;2*(H,6,7). The van der Waals surface area contributed by atoms with Crippen molar-refractivity contribution in [2.75, 3.05) is 47.0 Å². The van der Waals surface area contributed by atoms with Gasteiger partial charge < -0.3 is 19.7 Å². The first-order chi connectivity index (χ1) is 16.1. The van der Waals surface area contributed by atoms with Crippen molar-refractivity contribution in [1.29, 1.82) is 0 Å². The molecule has 0 saturated carbocycles. The van der Waals surface area contributed by atoms with Crippen LogP contribution in [-0.4, -0.2) is 102 Å². The largest absolute Gasteiger partial charge is 0.490 e. The van der Waals surface area contributed by atoms with Gasteiger partial charge in [-0.3, -0.25) is 9.80 Å². The first-order valence-corrected chi connectivity index (χ1v) is 10.2. The third-order valence-corrected chi connectivity index (χ3v) is 5.46. The topological polar surface area (TPSA) is 112 Å². The van der Waals surface area contributed by atoms with Crippen LogP contribution in [0.25, 0.3) is 0 Å². The van der Waals surface area contributed by atoms with Crippen LogP contribution in [0.3, 0.4) is 0 Å². The maximum absolute atomic E-state index is 10.6. The van der Waals surface area contributed by atoms with Crippen LogP contribution in [0, 0.1) is 0 Å². The number of halogens is 6. The van der Waals surface area contributed by atoms with Gasteiger partial charge in [0.05, 0.1) is 20.3 Å². The number of hydrogen-bond acceptors (Lipinski definition) is 7. The van der Waals surface area contributed by atoms with Crippen molar-refractivity contribution < 1.29 is 55.6 Å². The fraction of sp³-hybridized carbons (Fsp3) is 0.650. The van der Waals surface area contributed by atoms with Crippen molar-refractivity contribution in [2.24, 2.45) is 0 Å². The third-order valence-electron chi connectivity index (χ3n) is 5.46. The molecule has 0 aromatic carbocycles. The van der Waals surface area contributed by atoms with Crippen LogP contribution in [0.1, 0.15) is 18.4 Å². The fourth-order valence-electron chi connectivity index (χ4n) is 3.43. The van der Waals surface area contributed by atoms with E-state index < -0.39 is 24.3 Å². The molecule has 2 saturated heterocycles. The Morgan fingerprint density at radius 2 is 1.60 bits per heavy atom. The highest BCUT2D eigenvalue weighted by molar-refractivity contribution is 5.73. The summed E-state index contributed by atoms with van der Waals surface area (Å²) in [5, 5.41) is 14.2. The van der Waals surface area contributed by atoms with Crippen LogP contribution in [0.4, 0.5) is 26.3 Å². The number of carboxylic acid groups (broad SMARTS) is 2. The van der Waals surface area contributed by atoms with Gasteiger partial charge in [0.15, 0.2) is 0 Å². The number of likely N-dealkylation sites (tertiary alicyclic amines) is 1. The summed E-state index contributed by atoms with van der Waals surface area (Å²) in [5.74, 6) is -4.77. The summed E-state index contributed by atoms with van der Waals surface area (Å²) in [6.45, 7) is 5.92. The molecule has 3 rings (SSSR count). The summed E-state index contributed by atoms with van der Waals surface area (Å²) in [4.78, 5) is 27.1. The second-order valence-electron chi connectivity index (χ2n) is 7.75. The molecule has 9 nitrogen and oxygen atoms in total. The summed E-state index contributed by atoms with van der Waals surface area (Å²) in [5.41, 5.74) is 1.43. The number of carboxylic acids is 2. The van der Waals surface area contributed by atoms with Gasteiger partial charge in [-0.25, -0.2) is 14.6 Å². The van der Waals surface area contributed by atoms with Gasteiger partial charge in [0, 0.05) is 43.5 Å². The van der Waals surface area contributed by atoms with Gasteiger partial charge in [0.25, 0.3) is 0 Å². The number of carbonyl (C=O) groups is 2. The zero-order chi connectivity index (χ0) is 26.9. The number of nitrogens with zero attached hydrogens (tertiary/aromatic N) is 3.